The Morgan fingerprint density at radius 3 is 2.16 bits per heavy atom. The van der Waals surface area contributed by atoms with E-state index in [9.17, 15) is 9.00 Å². The molecule has 0 aliphatic carbocycles. The molecule has 0 heterocycles. The molecule has 3 heteroatoms. The predicted octanol–water partition coefficient (Wildman–Crippen LogP) is 3.37. The molecule has 19 heavy (non-hydrogen) atoms. The molecular weight excluding hydrogens is 256 g/mol. The first-order valence-corrected chi connectivity index (χ1v) is 7.37. The molecule has 0 fully saturated rings. The lowest BCUT2D eigenvalue weighted by atomic mass is 10.1. The normalized spacial score (nSPS) is 13.8. The third kappa shape index (κ3) is 3.18. The van der Waals surface area contributed by atoms with Crippen LogP contribution >= 0.6 is 0 Å². The summed E-state index contributed by atoms with van der Waals surface area (Å²) in [6, 6.07) is 16.5. The van der Waals surface area contributed by atoms with Crippen molar-refractivity contribution in [2.45, 2.75) is 24.0 Å². The van der Waals surface area contributed by atoms with Gasteiger partial charge in [-0.3, -0.25) is 9.00 Å². The molecule has 0 unspecified atom stereocenters. The minimum absolute atomic E-state index is 0.0838. The van der Waals surface area contributed by atoms with Crippen LogP contribution in [0, 0.1) is 6.92 Å². The molecule has 0 radical (unpaired) electrons. The molecule has 0 saturated carbocycles. The number of hydrogen-bond acceptors (Lipinski definition) is 2. The first-order chi connectivity index (χ1) is 9.09. The quantitative estimate of drug-likeness (QED) is 0.800. The Kier molecular flexibility index (Phi) is 4.27. The van der Waals surface area contributed by atoms with Crippen LogP contribution in [-0.4, -0.2) is 15.2 Å². The van der Waals surface area contributed by atoms with Crippen LogP contribution < -0.4 is 0 Å². The number of benzene rings is 2. The fraction of sp³-hybridized carbons (Fsp3) is 0.188. The van der Waals surface area contributed by atoms with Crippen molar-refractivity contribution in [2.24, 2.45) is 0 Å². The molecule has 2 aromatic carbocycles. The van der Waals surface area contributed by atoms with Crippen molar-refractivity contribution in [1.82, 2.24) is 0 Å². The molecule has 2 nitrogen and oxygen atoms in total. The summed E-state index contributed by atoms with van der Waals surface area (Å²) in [5.41, 5.74) is 1.72. The van der Waals surface area contributed by atoms with Crippen molar-refractivity contribution < 1.29 is 9.00 Å². The van der Waals surface area contributed by atoms with Gasteiger partial charge in [0.1, 0.15) is 0 Å². The van der Waals surface area contributed by atoms with Crippen LogP contribution in [0.2, 0.25) is 0 Å². The Labute approximate surface area is 115 Å². The van der Waals surface area contributed by atoms with E-state index in [-0.39, 0.29) is 5.78 Å². The molecule has 2 aromatic rings. The van der Waals surface area contributed by atoms with E-state index in [4.69, 9.17) is 0 Å². The van der Waals surface area contributed by atoms with Gasteiger partial charge in [0.15, 0.2) is 5.78 Å². The van der Waals surface area contributed by atoms with Crippen LogP contribution in [0.3, 0.4) is 0 Å². The second-order valence-corrected chi connectivity index (χ2v) is 6.26. The van der Waals surface area contributed by atoms with Crippen molar-refractivity contribution >= 4 is 16.6 Å². The van der Waals surface area contributed by atoms with Crippen molar-refractivity contribution in [3.05, 3.63) is 65.7 Å². The molecule has 0 aromatic heterocycles. The number of carbonyl (C=O) groups is 1. The Hall–Kier alpha value is -1.74. The zero-order valence-electron chi connectivity index (χ0n) is 11.0. The van der Waals surface area contributed by atoms with Crippen LogP contribution in [0.5, 0.6) is 0 Å². The summed E-state index contributed by atoms with van der Waals surface area (Å²) in [5.74, 6) is -0.0838. The Balaban J connectivity index is 2.20. The number of carbonyl (C=O) groups excluding carboxylic acids is 1. The van der Waals surface area contributed by atoms with Gasteiger partial charge in [-0.1, -0.05) is 48.0 Å². The van der Waals surface area contributed by atoms with Gasteiger partial charge in [-0.25, -0.2) is 0 Å². The van der Waals surface area contributed by atoms with Crippen LogP contribution in [0.15, 0.2) is 59.5 Å². The number of ketones is 1. The molecule has 0 N–H and O–H groups in total. The van der Waals surface area contributed by atoms with Crippen LogP contribution in [0.4, 0.5) is 0 Å². The maximum absolute atomic E-state index is 12.4. The van der Waals surface area contributed by atoms with E-state index in [2.05, 4.69) is 0 Å². The first kappa shape index (κ1) is 13.7. The van der Waals surface area contributed by atoms with E-state index in [1.807, 2.05) is 49.4 Å². The maximum Gasteiger partial charge on any atom is 0.178 e. The minimum Gasteiger partial charge on any atom is -0.293 e. The van der Waals surface area contributed by atoms with E-state index in [1.54, 1.807) is 19.1 Å². The summed E-state index contributed by atoms with van der Waals surface area (Å²) in [6.45, 7) is 3.69. The van der Waals surface area contributed by atoms with Crippen molar-refractivity contribution in [2.75, 3.05) is 0 Å². The van der Waals surface area contributed by atoms with Gasteiger partial charge >= 0.3 is 0 Å². The largest absolute Gasteiger partial charge is 0.293 e. The zero-order chi connectivity index (χ0) is 13.8. The van der Waals surface area contributed by atoms with Gasteiger partial charge in [-0.05, 0) is 26.0 Å². The van der Waals surface area contributed by atoms with Crippen molar-refractivity contribution in [1.29, 1.82) is 0 Å². The average molecular weight is 272 g/mol. The van der Waals surface area contributed by atoms with E-state index in [0.29, 0.717) is 10.5 Å². The lowest BCUT2D eigenvalue weighted by Crippen LogP contribution is -2.22. The summed E-state index contributed by atoms with van der Waals surface area (Å²) in [6.07, 6.45) is 0. The SMILES string of the molecule is Cc1ccc([S@](=O)[C@@H](C)C(=O)c2ccccc2)cc1. The van der Waals surface area contributed by atoms with E-state index < -0.39 is 16.0 Å². The fourth-order valence-electron chi connectivity index (χ4n) is 1.81. The van der Waals surface area contributed by atoms with Gasteiger partial charge in [0, 0.05) is 10.5 Å². The first-order valence-electron chi connectivity index (χ1n) is 6.16. The molecule has 98 valence electrons. The standard InChI is InChI=1S/C16H16O2S/c1-12-8-10-15(11-9-12)19(18)13(2)16(17)14-6-4-3-5-7-14/h3-11,13H,1-2H3/t13-,19+/m0/s1. The third-order valence-corrected chi connectivity index (χ3v) is 4.60. The highest BCUT2D eigenvalue weighted by molar-refractivity contribution is 7.86. The number of aryl methyl sites for hydroxylation is 1. The molecule has 2 rings (SSSR count). The Bertz CT molecular complexity index is 588. The molecule has 0 bridgehead atoms. The number of hydrogen-bond donors (Lipinski definition) is 0. The molecule has 2 atom stereocenters. The van der Waals surface area contributed by atoms with Gasteiger partial charge in [-0.15, -0.1) is 0 Å². The molecule has 0 spiro atoms. The van der Waals surface area contributed by atoms with Crippen molar-refractivity contribution in [3.63, 3.8) is 0 Å². The van der Waals surface area contributed by atoms with Crippen LogP contribution in [0.25, 0.3) is 0 Å². The summed E-state index contributed by atoms with van der Waals surface area (Å²) in [7, 11) is -1.32. The monoisotopic (exact) mass is 272 g/mol. The van der Waals surface area contributed by atoms with Gasteiger partial charge in [0.2, 0.25) is 0 Å². The average Bonchev–Trinajstić information content (AvgIpc) is 2.46. The molecular formula is C16H16O2S. The van der Waals surface area contributed by atoms with Gasteiger partial charge in [-0.2, -0.15) is 0 Å². The number of Topliss-reactive ketones (excluding diaryl/α,β-unsaturated/α-hetero) is 1. The maximum atomic E-state index is 12.4. The highest BCUT2D eigenvalue weighted by Crippen LogP contribution is 2.16. The highest BCUT2D eigenvalue weighted by atomic mass is 32.2. The molecule has 0 amide bonds. The summed E-state index contributed by atoms with van der Waals surface area (Å²) >= 11 is 0. The van der Waals surface area contributed by atoms with Crippen LogP contribution in [-0.2, 0) is 10.8 Å². The topological polar surface area (TPSA) is 34.1 Å². The second kappa shape index (κ2) is 5.93. The number of rotatable bonds is 4. The van der Waals surface area contributed by atoms with Crippen molar-refractivity contribution in [3.8, 4) is 0 Å². The molecule has 0 saturated heterocycles. The lowest BCUT2D eigenvalue weighted by Gasteiger charge is -2.10. The second-order valence-electron chi connectivity index (χ2n) is 4.48. The molecule has 0 aliphatic heterocycles. The van der Waals surface area contributed by atoms with Gasteiger partial charge < -0.3 is 0 Å². The summed E-state index contributed by atoms with van der Waals surface area (Å²) in [5, 5.41) is -0.537. The smallest absolute Gasteiger partial charge is 0.178 e. The highest BCUT2D eigenvalue weighted by Gasteiger charge is 2.22. The fourth-order valence-corrected chi connectivity index (χ4v) is 2.95. The third-order valence-electron chi connectivity index (χ3n) is 3.00. The van der Waals surface area contributed by atoms with E-state index >= 15 is 0 Å². The Morgan fingerprint density at radius 2 is 1.58 bits per heavy atom. The molecule has 0 aliphatic rings. The van der Waals surface area contributed by atoms with Gasteiger partial charge in [0.25, 0.3) is 0 Å². The minimum atomic E-state index is -1.32. The van der Waals surface area contributed by atoms with Crippen LogP contribution in [0.1, 0.15) is 22.8 Å². The zero-order valence-corrected chi connectivity index (χ0v) is 11.8. The summed E-state index contributed by atoms with van der Waals surface area (Å²) < 4.78 is 12.4. The predicted molar refractivity (Wildman–Crippen MR) is 77.8 cm³/mol. The van der Waals surface area contributed by atoms with E-state index in [0.717, 1.165) is 5.56 Å². The van der Waals surface area contributed by atoms with Gasteiger partial charge in [0.05, 0.1) is 16.0 Å². The van der Waals surface area contributed by atoms with E-state index in [1.165, 1.54) is 0 Å². The summed E-state index contributed by atoms with van der Waals surface area (Å²) in [4.78, 5) is 12.9. The lowest BCUT2D eigenvalue weighted by molar-refractivity contribution is 0.0992. The Morgan fingerprint density at radius 1 is 1.00 bits per heavy atom.